The number of nitrogens with zero attached hydrogens (tertiary/aromatic N) is 1. The molecule has 0 spiro atoms. The zero-order valence-corrected chi connectivity index (χ0v) is 20.4. The summed E-state index contributed by atoms with van der Waals surface area (Å²) >= 11 is 15.7. The van der Waals surface area contributed by atoms with Crippen LogP contribution >= 0.6 is 39.1 Å². The van der Waals surface area contributed by atoms with E-state index in [-0.39, 0.29) is 31.0 Å². The van der Waals surface area contributed by atoms with Crippen LogP contribution in [0.2, 0.25) is 10.0 Å². The Bertz CT molecular complexity index is 921. The summed E-state index contributed by atoms with van der Waals surface area (Å²) in [4.78, 5) is 27.1. The molecule has 0 aliphatic rings. The average Bonchev–Trinajstić information content (AvgIpc) is 2.67. The topological polar surface area (TPSA) is 58.6 Å². The minimum Gasteiger partial charge on any atom is -0.484 e. The van der Waals surface area contributed by atoms with Crippen LogP contribution in [-0.2, 0) is 16.1 Å². The third-order valence-electron chi connectivity index (χ3n) is 4.45. The quantitative estimate of drug-likeness (QED) is 0.513. The van der Waals surface area contributed by atoms with E-state index in [0.29, 0.717) is 21.4 Å². The molecule has 5 nitrogen and oxygen atoms in total. The number of aryl methyl sites for hydroxylation is 1. The SMILES string of the molecule is Cc1cc(OCC(=O)N(Cc2ccc(Cl)cc2Cl)[C@@H](C)C(=O)NC(C)C)ccc1Br. The van der Waals surface area contributed by atoms with E-state index >= 15 is 0 Å². The fourth-order valence-corrected chi connectivity index (χ4v) is 3.47. The molecule has 30 heavy (non-hydrogen) atoms. The number of amides is 2. The lowest BCUT2D eigenvalue weighted by Crippen LogP contribution is -2.50. The van der Waals surface area contributed by atoms with Gasteiger partial charge in [-0.1, -0.05) is 45.2 Å². The van der Waals surface area contributed by atoms with Crippen molar-refractivity contribution in [1.29, 1.82) is 0 Å². The van der Waals surface area contributed by atoms with Gasteiger partial charge in [0, 0.05) is 27.1 Å². The van der Waals surface area contributed by atoms with Crippen molar-refractivity contribution in [3.63, 3.8) is 0 Å². The smallest absolute Gasteiger partial charge is 0.261 e. The van der Waals surface area contributed by atoms with Gasteiger partial charge < -0.3 is 15.0 Å². The van der Waals surface area contributed by atoms with Crippen molar-refractivity contribution >= 4 is 50.9 Å². The largest absolute Gasteiger partial charge is 0.484 e. The zero-order chi connectivity index (χ0) is 22.4. The molecule has 0 aliphatic heterocycles. The summed E-state index contributed by atoms with van der Waals surface area (Å²) < 4.78 is 6.64. The molecule has 2 rings (SSSR count). The maximum atomic E-state index is 13.0. The van der Waals surface area contributed by atoms with Crippen molar-refractivity contribution in [2.24, 2.45) is 0 Å². The fourth-order valence-electron chi connectivity index (χ4n) is 2.76. The molecule has 0 fully saturated rings. The minimum absolute atomic E-state index is 0.0435. The van der Waals surface area contributed by atoms with Crippen LogP contribution in [0.3, 0.4) is 0 Å². The summed E-state index contributed by atoms with van der Waals surface area (Å²) in [5.74, 6) is 0.00345. The van der Waals surface area contributed by atoms with E-state index in [2.05, 4.69) is 21.2 Å². The lowest BCUT2D eigenvalue weighted by molar-refractivity contribution is -0.142. The predicted molar refractivity (Wildman–Crippen MR) is 124 cm³/mol. The van der Waals surface area contributed by atoms with Crippen LogP contribution in [0.25, 0.3) is 0 Å². The van der Waals surface area contributed by atoms with Crippen LogP contribution in [0, 0.1) is 6.92 Å². The number of nitrogens with one attached hydrogen (secondary N) is 1. The molecule has 162 valence electrons. The third-order valence-corrected chi connectivity index (χ3v) is 5.92. The van der Waals surface area contributed by atoms with Crippen LogP contribution in [0.4, 0.5) is 0 Å². The zero-order valence-electron chi connectivity index (χ0n) is 17.3. The number of hydrogen-bond acceptors (Lipinski definition) is 3. The molecular weight excluding hydrogens is 491 g/mol. The molecule has 0 aliphatic carbocycles. The number of carbonyl (C=O) groups excluding carboxylic acids is 2. The average molecular weight is 516 g/mol. The Morgan fingerprint density at radius 1 is 1.13 bits per heavy atom. The Labute approximate surface area is 195 Å². The van der Waals surface area contributed by atoms with E-state index < -0.39 is 6.04 Å². The molecule has 1 atom stereocenters. The molecule has 0 saturated heterocycles. The fraction of sp³-hybridized carbons (Fsp3) is 0.364. The summed E-state index contributed by atoms with van der Waals surface area (Å²) in [6, 6.07) is 9.79. The molecule has 0 aromatic heterocycles. The Kier molecular flexibility index (Phi) is 9.01. The molecule has 0 heterocycles. The molecule has 0 unspecified atom stereocenters. The van der Waals surface area contributed by atoms with Crippen LogP contribution in [-0.4, -0.2) is 35.4 Å². The van der Waals surface area contributed by atoms with Crippen LogP contribution in [0.5, 0.6) is 5.75 Å². The van der Waals surface area contributed by atoms with Crippen molar-refractivity contribution in [3.05, 3.63) is 62.0 Å². The first-order valence-electron chi connectivity index (χ1n) is 9.51. The van der Waals surface area contributed by atoms with Gasteiger partial charge in [-0.2, -0.15) is 0 Å². The molecule has 2 aromatic carbocycles. The van der Waals surface area contributed by atoms with E-state index in [1.807, 2.05) is 32.9 Å². The second kappa shape index (κ2) is 11.0. The number of ether oxygens (including phenoxy) is 1. The van der Waals surface area contributed by atoms with Crippen molar-refractivity contribution in [2.45, 2.75) is 46.3 Å². The molecule has 0 saturated carbocycles. The summed E-state index contributed by atoms with van der Waals surface area (Å²) in [6.45, 7) is 7.31. The van der Waals surface area contributed by atoms with E-state index in [0.717, 1.165) is 10.0 Å². The van der Waals surface area contributed by atoms with Gasteiger partial charge in [0.2, 0.25) is 5.91 Å². The second-order valence-corrected chi connectivity index (χ2v) is 8.99. The third kappa shape index (κ3) is 6.89. The van der Waals surface area contributed by atoms with Crippen LogP contribution < -0.4 is 10.1 Å². The van der Waals surface area contributed by atoms with E-state index in [1.54, 1.807) is 31.2 Å². The van der Waals surface area contributed by atoms with Crippen molar-refractivity contribution < 1.29 is 14.3 Å². The van der Waals surface area contributed by atoms with Gasteiger partial charge in [0.1, 0.15) is 11.8 Å². The highest BCUT2D eigenvalue weighted by Gasteiger charge is 2.27. The van der Waals surface area contributed by atoms with Gasteiger partial charge in [0.15, 0.2) is 6.61 Å². The lowest BCUT2D eigenvalue weighted by Gasteiger charge is -2.29. The Morgan fingerprint density at radius 2 is 1.83 bits per heavy atom. The predicted octanol–water partition coefficient (Wildman–Crippen LogP) is 5.39. The van der Waals surface area contributed by atoms with Crippen LogP contribution in [0.1, 0.15) is 31.9 Å². The second-order valence-electron chi connectivity index (χ2n) is 7.30. The van der Waals surface area contributed by atoms with Crippen molar-refractivity contribution in [2.75, 3.05) is 6.61 Å². The monoisotopic (exact) mass is 514 g/mol. The summed E-state index contributed by atoms with van der Waals surface area (Å²) in [5.41, 5.74) is 1.69. The van der Waals surface area contributed by atoms with Crippen molar-refractivity contribution in [3.8, 4) is 5.75 Å². The van der Waals surface area contributed by atoms with Crippen molar-refractivity contribution in [1.82, 2.24) is 10.2 Å². The molecule has 8 heteroatoms. The number of benzene rings is 2. The highest BCUT2D eigenvalue weighted by Crippen LogP contribution is 2.24. The number of rotatable bonds is 8. The Hall–Kier alpha value is -1.76. The Balaban J connectivity index is 2.20. The standard InChI is InChI=1S/C22H25BrCl2N2O3/c1-13(2)26-22(29)15(4)27(11-16-5-6-17(24)10-20(16)25)21(28)12-30-18-7-8-19(23)14(3)9-18/h5-10,13,15H,11-12H2,1-4H3,(H,26,29)/t15-/m0/s1. The van der Waals surface area contributed by atoms with Gasteiger partial charge in [-0.25, -0.2) is 0 Å². The maximum Gasteiger partial charge on any atom is 0.261 e. The minimum atomic E-state index is -0.707. The van der Waals surface area contributed by atoms with E-state index in [9.17, 15) is 9.59 Å². The maximum absolute atomic E-state index is 13.0. The lowest BCUT2D eigenvalue weighted by atomic mass is 10.1. The van der Waals surface area contributed by atoms with Crippen LogP contribution in [0.15, 0.2) is 40.9 Å². The summed E-state index contributed by atoms with van der Waals surface area (Å²) in [5, 5.41) is 3.77. The van der Waals surface area contributed by atoms with Gasteiger partial charge in [-0.15, -0.1) is 0 Å². The van der Waals surface area contributed by atoms with Gasteiger partial charge >= 0.3 is 0 Å². The summed E-state index contributed by atoms with van der Waals surface area (Å²) in [7, 11) is 0. The first-order valence-corrected chi connectivity index (χ1v) is 11.1. The molecular formula is C22H25BrCl2N2O3. The highest BCUT2D eigenvalue weighted by atomic mass is 79.9. The van der Waals surface area contributed by atoms with E-state index in [4.69, 9.17) is 27.9 Å². The number of halogens is 3. The summed E-state index contributed by atoms with van der Waals surface area (Å²) in [6.07, 6.45) is 0. The number of hydrogen-bond donors (Lipinski definition) is 1. The highest BCUT2D eigenvalue weighted by molar-refractivity contribution is 9.10. The van der Waals surface area contributed by atoms with Gasteiger partial charge in [0.05, 0.1) is 0 Å². The number of carbonyl (C=O) groups is 2. The first-order chi connectivity index (χ1) is 14.1. The van der Waals surface area contributed by atoms with Gasteiger partial charge in [-0.3, -0.25) is 9.59 Å². The Morgan fingerprint density at radius 3 is 2.43 bits per heavy atom. The normalized spacial score (nSPS) is 11.9. The molecule has 0 radical (unpaired) electrons. The molecule has 2 aromatic rings. The molecule has 0 bridgehead atoms. The van der Waals surface area contributed by atoms with E-state index in [1.165, 1.54) is 4.90 Å². The first kappa shape index (κ1) is 24.5. The molecule has 1 N–H and O–H groups in total. The van der Waals surface area contributed by atoms with Gasteiger partial charge in [-0.05, 0) is 69.2 Å². The molecule has 2 amide bonds. The van der Waals surface area contributed by atoms with Gasteiger partial charge in [0.25, 0.3) is 5.91 Å².